The average Bonchev–Trinajstić information content (AvgIpc) is 2.16. The molecule has 0 aromatic rings. The maximum absolute atomic E-state index is 6.01. The summed E-state index contributed by atoms with van der Waals surface area (Å²) in [6.45, 7) is 4.31. The van der Waals surface area contributed by atoms with Gasteiger partial charge < -0.3 is 11.1 Å². The second kappa shape index (κ2) is 2.67. The van der Waals surface area contributed by atoms with E-state index in [-0.39, 0.29) is 5.54 Å². The minimum atomic E-state index is 0.134. The molecule has 0 aromatic carbocycles. The molecule has 2 nitrogen and oxygen atoms in total. The summed E-state index contributed by atoms with van der Waals surface area (Å²) in [5.41, 5.74) is 6.14. The van der Waals surface area contributed by atoms with E-state index in [0.717, 1.165) is 19.5 Å². The van der Waals surface area contributed by atoms with Crippen molar-refractivity contribution >= 4 is 0 Å². The lowest BCUT2D eigenvalue weighted by Crippen LogP contribution is -2.41. The molecule has 2 heteroatoms. The molecule has 1 fully saturated rings. The molecule has 54 valence electrons. The number of hydrogen-bond donors (Lipinski definition) is 2. The zero-order chi connectivity index (χ0) is 6.74. The lowest BCUT2D eigenvalue weighted by atomic mass is 9.94. The summed E-state index contributed by atoms with van der Waals surface area (Å²) in [5.74, 6) is 0. The molecule has 0 radical (unpaired) electrons. The van der Waals surface area contributed by atoms with E-state index in [4.69, 9.17) is 5.73 Å². The molecule has 0 spiro atoms. The van der Waals surface area contributed by atoms with Crippen LogP contribution in [0.4, 0.5) is 0 Å². The van der Waals surface area contributed by atoms with Crippen molar-refractivity contribution in [1.29, 1.82) is 0 Å². The van der Waals surface area contributed by atoms with Gasteiger partial charge in [-0.1, -0.05) is 13.3 Å². The highest BCUT2D eigenvalue weighted by atomic mass is 15.0. The van der Waals surface area contributed by atoms with Gasteiger partial charge >= 0.3 is 0 Å². The first kappa shape index (κ1) is 7.03. The number of rotatable bonds is 2. The number of hydrogen-bond acceptors (Lipinski definition) is 2. The van der Waals surface area contributed by atoms with Crippen molar-refractivity contribution in [2.45, 2.75) is 31.7 Å². The minimum absolute atomic E-state index is 0.134. The molecule has 0 aromatic heterocycles. The summed E-state index contributed by atoms with van der Waals surface area (Å²) < 4.78 is 0. The van der Waals surface area contributed by atoms with Gasteiger partial charge in [-0.15, -0.1) is 0 Å². The van der Waals surface area contributed by atoms with Crippen LogP contribution < -0.4 is 11.1 Å². The van der Waals surface area contributed by atoms with Gasteiger partial charge in [0.15, 0.2) is 0 Å². The molecule has 1 unspecified atom stereocenters. The lowest BCUT2D eigenvalue weighted by molar-refractivity contribution is 0.426. The normalized spacial score (nSPS) is 35.3. The Kier molecular flexibility index (Phi) is 2.09. The molecule has 1 rings (SSSR count). The molecule has 0 amide bonds. The van der Waals surface area contributed by atoms with Gasteiger partial charge in [-0.05, 0) is 19.4 Å². The molecule has 1 aliphatic heterocycles. The molecule has 1 atom stereocenters. The van der Waals surface area contributed by atoms with Crippen molar-refractivity contribution in [3.63, 3.8) is 0 Å². The monoisotopic (exact) mass is 128 g/mol. The minimum Gasteiger partial charge on any atom is -0.324 e. The van der Waals surface area contributed by atoms with Crippen molar-refractivity contribution in [1.82, 2.24) is 5.32 Å². The van der Waals surface area contributed by atoms with Gasteiger partial charge in [0.05, 0.1) is 0 Å². The molecule has 3 N–H and O–H groups in total. The number of nitrogens with one attached hydrogen (secondary N) is 1. The SMILES string of the molecule is CCCC1(N)CCNC1. The van der Waals surface area contributed by atoms with Crippen LogP contribution >= 0.6 is 0 Å². The molecule has 1 aliphatic rings. The van der Waals surface area contributed by atoms with E-state index in [1.165, 1.54) is 12.8 Å². The Bertz CT molecular complexity index is 84.9. The molecule has 9 heavy (non-hydrogen) atoms. The summed E-state index contributed by atoms with van der Waals surface area (Å²) >= 11 is 0. The van der Waals surface area contributed by atoms with Crippen LogP contribution in [0.5, 0.6) is 0 Å². The van der Waals surface area contributed by atoms with Gasteiger partial charge in [-0.2, -0.15) is 0 Å². The predicted molar refractivity (Wildman–Crippen MR) is 39.3 cm³/mol. The van der Waals surface area contributed by atoms with Crippen LogP contribution in [0.15, 0.2) is 0 Å². The quantitative estimate of drug-likeness (QED) is 0.567. The van der Waals surface area contributed by atoms with Crippen LogP contribution in [-0.2, 0) is 0 Å². The first-order valence-electron chi connectivity index (χ1n) is 3.76. The van der Waals surface area contributed by atoms with E-state index in [1.54, 1.807) is 0 Å². The summed E-state index contributed by atoms with van der Waals surface area (Å²) in [6.07, 6.45) is 3.53. The fourth-order valence-corrected chi connectivity index (χ4v) is 1.47. The van der Waals surface area contributed by atoms with Crippen LogP contribution in [-0.4, -0.2) is 18.6 Å². The number of nitrogens with two attached hydrogens (primary N) is 1. The molecule has 0 aliphatic carbocycles. The lowest BCUT2D eigenvalue weighted by Gasteiger charge is -2.20. The molecule has 1 saturated heterocycles. The largest absolute Gasteiger partial charge is 0.324 e. The van der Waals surface area contributed by atoms with Crippen LogP contribution in [0.2, 0.25) is 0 Å². The Morgan fingerprint density at radius 2 is 2.44 bits per heavy atom. The van der Waals surface area contributed by atoms with E-state index < -0.39 is 0 Å². The predicted octanol–water partition coefficient (Wildman–Crippen LogP) is 0.477. The van der Waals surface area contributed by atoms with E-state index >= 15 is 0 Å². The van der Waals surface area contributed by atoms with Gasteiger partial charge in [0.1, 0.15) is 0 Å². The Balaban J connectivity index is 2.32. The Hall–Kier alpha value is -0.0800. The third-order valence-electron chi connectivity index (χ3n) is 2.02. The van der Waals surface area contributed by atoms with Crippen molar-refractivity contribution in [3.05, 3.63) is 0 Å². The maximum Gasteiger partial charge on any atom is 0.0292 e. The topological polar surface area (TPSA) is 38.0 Å². The standard InChI is InChI=1S/C7H16N2/c1-2-3-7(8)4-5-9-6-7/h9H,2-6,8H2,1H3. The van der Waals surface area contributed by atoms with E-state index in [2.05, 4.69) is 12.2 Å². The molecule has 0 bridgehead atoms. The van der Waals surface area contributed by atoms with Crippen LogP contribution in [0.3, 0.4) is 0 Å². The first-order chi connectivity index (χ1) is 4.27. The third-order valence-corrected chi connectivity index (χ3v) is 2.02. The van der Waals surface area contributed by atoms with Crippen LogP contribution in [0.25, 0.3) is 0 Å². The summed E-state index contributed by atoms with van der Waals surface area (Å²) in [6, 6.07) is 0. The van der Waals surface area contributed by atoms with Crippen LogP contribution in [0.1, 0.15) is 26.2 Å². The molecular formula is C7H16N2. The second-order valence-electron chi connectivity index (χ2n) is 3.04. The summed E-state index contributed by atoms with van der Waals surface area (Å²) in [7, 11) is 0. The summed E-state index contributed by atoms with van der Waals surface area (Å²) in [4.78, 5) is 0. The van der Waals surface area contributed by atoms with Crippen LogP contribution in [0, 0.1) is 0 Å². The molecule has 0 saturated carbocycles. The fraction of sp³-hybridized carbons (Fsp3) is 1.00. The van der Waals surface area contributed by atoms with Gasteiger partial charge in [0.2, 0.25) is 0 Å². The Morgan fingerprint density at radius 3 is 2.89 bits per heavy atom. The maximum atomic E-state index is 6.01. The molecule has 1 heterocycles. The molecular weight excluding hydrogens is 112 g/mol. The van der Waals surface area contributed by atoms with Gasteiger partial charge in [-0.25, -0.2) is 0 Å². The van der Waals surface area contributed by atoms with Crippen molar-refractivity contribution in [2.24, 2.45) is 5.73 Å². The first-order valence-corrected chi connectivity index (χ1v) is 3.76. The Morgan fingerprint density at radius 1 is 1.67 bits per heavy atom. The van der Waals surface area contributed by atoms with Crippen molar-refractivity contribution in [2.75, 3.05) is 13.1 Å². The van der Waals surface area contributed by atoms with Crippen molar-refractivity contribution in [3.8, 4) is 0 Å². The third kappa shape index (κ3) is 1.66. The van der Waals surface area contributed by atoms with Crippen molar-refractivity contribution < 1.29 is 0 Å². The van der Waals surface area contributed by atoms with E-state index in [9.17, 15) is 0 Å². The second-order valence-corrected chi connectivity index (χ2v) is 3.04. The van der Waals surface area contributed by atoms with Gasteiger partial charge in [0.25, 0.3) is 0 Å². The Labute approximate surface area is 56.8 Å². The fourth-order valence-electron chi connectivity index (χ4n) is 1.47. The van der Waals surface area contributed by atoms with E-state index in [0.29, 0.717) is 0 Å². The average molecular weight is 128 g/mol. The zero-order valence-corrected chi connectivity index (χ0v) is 6.11. The van der Waals surface area contributed by atoms with Gasteiger partial charge in [-0.3, -0.25) is 0 Å². The van der Waals surface area contributed by atoms with E-state index in [1.807, 2.05) is 0 Å². The zero-order valence-electron chi connectivity index (χ0n) is 6.11. The van der Waals surface area contributed by atoms with Gasteiger partial charge in [0, 0.05) is 12.1 Å². The highest BCUT2D eigenvalue weighted by Gasteiger charge is 2.27. The smallest absolute Gasteiger partial charge is 0.0292 e. The highest BCUT2D eigenvalue weighted by Crippen LogP contribution is 2.16. The summed E-state index contributed by atoms with van der Waals surface area (Å²) in [5, 5.41) is 3.27. The highest BCUT2D eigenvalue weighted by molar-refractivity contribution is 4.91.